The summed E-state index contributed by atoms with van der Waals surface area (Å²) in [6, 6.07) is 5.59. The first-order valence-electron chi connectivity index (χ1n) is 8.37. The van der Waals surface area contributed by atoms with E-state index in [9.17, 15) is 4.79 Å². The van der Waals surface area contributed by atoms with Gasteiger partial charge in [0.25, 0.3) is 0 Å². The van der Waals surface area contributed by atoms with Crippen molar-refractivity contribution in [3.05, 3.63) is 42.2 Å². The van der Waals surface area contributed by atoms with Gasteiger partial charge in [-0.3, -0.25) is 4.79 Å². The van der Waals surface area contributed by atoms with Crippen molar-refractivity contribution >= 4 is 11.6 Å². The number of nitrogens with zero attached hydrogens (tertiary/aromatic N) is 5. The van der Waals surface area contributed by atoms with Crippen LogP contribution in [0.5, 0.6) is 0 Å². The summed E-state index contributed by atoms with van der Waals surface area (Å²) in [4.78, 5) is 22.9. The molecule has 2 aromatic heterocycles. The van der Waals surface area contributed by atoms with E-state index >= 15 is 0 Å². The Morgan fingerprint density at radius 1 is 1.36 bits per heavy atom. The second-order valence-electron chi connectivity index (χ2n) is 6.76. The molecule has 25 heavy (non-hydrogen) atoms. The first kappa shape index (κ1) is 17.0. The minimum Gasteiger partial charge on any atom is -0.379 e. The molecule has 0 bridgehead atoms. The van der Waals surface area contributed by atoms with Gasteiger partial charge in [0.2, 0.25) is 5.91 Å². The fourth-order valence-electron chi connectivity index (χ4n) is 3.18. The molecule has 7 heteroatoms. The van der Waals surface area contributed by atoms with E-state index in [-0.39, 0.29) is 23.8 Å². The van der Waals surface area contributed by atoms with Crippen molar-refractivity contribution < 1.29 is 4.79 Å². The molecule has 0 saturated carbocycles. The Morgan fingerprint density at radius 2 is 2.16 bits per heavy atom. The third-order valence-corrected chi connectivity index (χ3v) is 4.46. The largest absolute Gasteiger partial charge is 0.379 e. The van der Waals surface area contributed by atoms with Gasteiger partial charge in [-0.1, -0.05) is 13.8 Å². The number of amides is 1. The molecule has 1 aliphatic heterocycles. The molecule has 7 nitrogen and oxygen atoms in total. The van der Waals surface area contributed by atoms with E-state index in [2.05, 4.69) is 15.3 Å². The van der Waals surface area contributed by atoms with E-state index in [0.717, 1.165) is 11.4 Å². The van der Waals surface area contributed by atoms with E-state index in [0.29, 0.717) is 18.8 Å². The number of hydrogen-bond donors (Lipinski definition) is 1. The zero-order valence-electron chi connectivity index (χ0n) is 14.7. The summed E-state index contributed by atoms with van der Waals surface area (Å²) in [5.41, 5.74) is 2.19. The van der Waals surface area contributed by atoms with Crippen LogP contribution >= 0.6 is 0 Å². The van der Waals surface area contributed by atoms with E-state index in [4.69, 9.17) is 5.26 Å². The van der Waals surface area contributed by atoms with Crippen molar-refractivity contribution in [1.82, 2.24) is 19.4 Å². The van der Waals surface area contributed by atoms with Crippen molar-refractivity contribution in [2.24, 2.45) is 13.0 Å². The molecule has 1 amide bonds. The Labute approximate surface area is 147 Å². The molecule has 3 heterocycles. The number of rotatable bonds is 4. The monoisotopic (exact) mass is 338 g/mol. The third kappa shape index (κ3) is 3.63. The summed E-state index contributed by atoms with van der Waals surface area (Å²) >= 11 is 0. The number of anilines is 1. The number of nitrogens with one attached hydrogen (secondary N) is 1. The van der Waals surface area contributed by atoms with Gasteiger partial charge in [-0.15, -0.1) is 0 Å². The number of imidazole rings is 1. The zero-order valence-corrected chi connectivity index (χ0v) is 14.7. The molecule has 1 fully saturated rings. The van der Waals surface area contributed by atoms with Crippen LogP contribution in [-0.2, 0) is 11.8 Å². The van der Waals surface area contributed by atoms with Gasteiger partial charge in [-0.05, 0) is 12.1 Å². The molecule has 0 aromatic carbocycles. The standard InChI is InChI=1S/C18H22N6O/c1-12(2)18(25)24-8-15(16-9-23(3)11-21-16)17(10-24)22-14-5-4-13(6-19)20-7-14/h4-5,7,9,11-12,15,17,22H,8,10H2,1-3H3/t15-,17+/m0/s1. The van der Waals surface area contributed by atoms with Crippen LogP contribution in [0.15, 0.2) is 30.9 Å². The highest BCUT2D eigenvalue weighted by atomic mass is 16.2. The van der Waals surface area contributed by atoms with Crippen molar-refractivity contribution in [3.8, 4) is 6.07 Å². The summed E-state index contributed by atoms with van der Waals surface area (Å²) in [7, 11) is 1.94. The number of hydrogen-bond acceptors (Lipinski definition) is 5. The van der Waals surface area contributed by atoms with Gasteiger partial charge >= 0.3 is 0 Å². The van der Waals surface area contributed by atoms with Crippen molar-refractivity contribution in [1.29, 1.82) is 5.26 Å². The fourth-order valence-corrected chi connectivity index (χ4v) is 3.18. The molecule has 1 saturated heterocycles. The van der Waals surface area contributed by atoms with Crippen molar-refractivity contribution in [3.63, 3.8) is 0 Å². The molecule has 0 radical (unpaired) electrons. The van der Waals surface area contributed by atoms with Crippen LogP contribution in [0.2, 0.25) is 0 Å². The van der Waals surface area contributed by atoms with Crippen LogP contribution < -0.4 is 5.32 Å². The number of carbonyl (C=O) groups excluding carboxylic acids is 1. The topological polar surface area (TPSA) is 86.8 Å². The maximum Gasteiger partial charge on any atom is 0.225 e. The molecule has 0 spiro atoms. The maximum absolute atomic E-state index is 12.4. The molecule has 1 aliphatic rings. The summed E-state index contributed by atoms with van der Waals surface area (Å²) < 4.78 is 1.92. The van der Waals surface area contributed by atoms with Gasteiger partial charge in [0, 0.05) is 38.2 Å². The van der Waals surface area contributed by atoms with E-state index < -0.39 is 0 Å². The fraction of sp³-hybridized carbons (Fsp3) is 0.444. The number of aromatic nitrogens is 3. The molecule has 0 unspecified atom stereocenters. The average molecular weight is 338 g/mol. The van der Waals surface area contributed by atoms with Gasteiger partial charge in [0.05, 0.1) is 29.9 Å². The molecular formula is C18H22N6O. The van der Waals surface area contributed by atoms with Crippen LogP contribution in [0.3, 0.4) is 0 Å². The van der Waals surface area contributed by atoms with E-state index in [1.165, 1.54) is 0 Å². The lowest BCUT2D eigenvalue weighted by molar-refractivity contribution is -0.133. The van der Waals surface area contributed by atoms with Crippen LogP contribution in [-0.4, -0.2) is 44.5 Å². The second-order valence-corrected chi connectivity index (χ2v) is 6.76. The molecule has 130 valence electrons. The third-order valence-electron chi connectivity index (χ3n) is 4.46. The van der Waals surface area contributed by atoms with Gasteiger partial charge in [0.1, 0.15) is 11.8 Å². The lowest BCUT2D eigenvalue weighted by atomic mass is 10.0. The van der Waals surface area contributed by atoms with Crippen LogP contribution in [0.4, 0.5) is 5.69 Å². The summed E-state index contributed by atoms with van der Waals surface area (Å²) in [5.74, 6) is 0.238. The van der Waals surface area contributed by atoms with Gasteiger partial charge < -0.3 is 14.8 Å². The lowest BCUT2D eigenvalue weighted by Gasteiger charge is -2.19. The summed E-state index contributed by atoms with van der Waals surface area (Å²) in [6.07, 6.45) is 5.43. The first-order valence-corrected chi connectivity index (χ1v) is 8.37. The molecule has 0 aliphatic carbocycles. The van der Waals surface area contributed by atoms with Crippen LogP contribution in [0.1, 0.15) is 31.2 Å². The molecule has 2 aromatic rings. The van der Waals surface area contributed by atoms with Crippen LogP contribution in [0, 0.1) is 17.2 Å². The normalized spacial score (nSPS) is 19.9. The number of pyridine rings is 1. The Balaban J connectivity index is 1.82. The summed E-state index contributed by atoms with van der Waals surface area (Å²) in [5, 5.41) is 12.3. The number of aryl methyl sites for hydroxylation is 1. The highest BCUT2D eigenvalue weighted by Gasteiger charge is 2.38. The number of carbonyl (C=O) groups is 1. The molecule has 2 atom stereocenters. The quantitative estimate of drug-likeness (QED) is 0.918. The highest BCUT2D eigenvalue weighted by Crippen LogP contribution is 2.30. The minimum atomic E-state index is -0.0280. The molecular weight excluding hydrogens is 316 g/mol. The smallest absolute Gasteiger partial charge is 0.225 e. The van der Waals surface area contributed by atoms with E-state index in [1.54, 1.807) is 18.6 Å². The number of likely N-dealkylation sites (tertiary alicyclic amines) is 1. The van der Waals surface area contributed by atoms with Gasteiger partial charge in [0.15, 0.2) is 0 Å². The first-order chi connectivity index (χ1) is 12.0. The Hall–Kier alpha value is -2.88. The predicted molar refractivity (Wildman–Crippen MR) is 93.7 cm³/mol. The Morgan fingerprint density at radius 3 is 2.72 bits per heavy atom. The van der Waals surface area contributed by atoms with Crippen LogP contribution in [0.25, 0.3) is 0 Å². The lowest BCUT2D eigenvalue weighted by Crippen LogP contribution is -2.34. The second kappa shape index (κ2) is 6.93. The van der Waals surface area contributed by atoms with Crippen molar-refractivity contribution in [2.45, 2.75) is 25.8 Å². The van der Waals surface area contributed by atoms with Gasteiger partial charge in [-0.2, -0.15) is 5.26 Å². The Bertz CT molecular complexity index is 789. The molecule has 3 rings (SSSR count). The number of nitriles is 1. The van der Waals surface area contributed by atoms with Crippen molar-refractivity contribution in [2.75, 3.05) is 18.4 Å². The SMILES string of the molecule is CC(C)C(=O)N1C[C@@H](Nc2ccc(C#N)nc2)[C@H](c2cn(C)cn2)C1. The van der Waals surface area contributed by atoms with E-state index in [1.807, 2.05) is 48.7 Å². The maximum atomic E-state index is 12.4. The molecule has 1 N–H and O–H groups in total. The highest BCUT2D eigenvalue weighted by molar-refractivity contribution is 5.78. The average Bonchev–Trinajstić information content (AvgIpc) is 3.21. The zero-order chi connectivity index (χ0) is 18.0. The van der Waals surface area contributed by atoms with Gasteiger partial charge in [-0.25, -0.2) is 9.97 Å². The minimum absolute atomic E-state index is 0.0280. The predicted octanol–water partition coefficient (Wildman–Crippen LogP) is 1.75. The Kier molecular flexibility index (Phi) is 4.70. The summed E-state index contributed by atoms with van der Waals surface area (Å²) in [6.45, 7) is 5.11.